The van der Waals surface area contributed by atoms with E-state index >= 15 is 0 Å². The van der Waals surface area contributed by atoms with Crippen LogP contribution in [0.15, 0.2) is 188 Å². The molecule has 1 heteroatoms. The summed E-state index contributed by atoms with van der Waals surface area (Å²) in [6.45, 7) is 4.73. The average molecular weight is 692 g/mol. The third-order valence-corrected chi connectivity index (χ3v) is 11.8. The summed E-state index contributed by atoms with van der Waals surface area (Å²) in [7, 11) is 0. The van der Waals surface area contributed by atoms with Crippen molar-refractivity contribution in [3.63, 3.8) is 0 Å². The van der Waals surface area contributed by atoms with Crippen LogP contribution >= 0.6 is 0 Å². The van der Waals surface area contributed by atoms with Crippen molar-refractivity contribution in [3.05, 3.63) is 221 Å². The third kappa shape index (κ3) is 5.39. The molecule has 0 saturated heterocycles. The van der Waals surface area contributed by atoms with Crippen LogP contribution in [0.25, 0.3) is 44.5 Å². The molecule has 2 aliphatic carbocycles. The molecule has 0 bridgehead atoms. The van der Waals surface area contributed by atoms with Gasteiger partial charge in [0.1, 0.15) is 0 Å². The molecule has 0 aliphatic heterocycles. The molecule has 0 saturated carbocycles. The molecule has 1 nitrogen and oxygen atoms in total. The maximum absolute atomic E-state index is 2.46. The van der Waals surface area contributed by atoms with Gasteiger partial charge in [0.05, 0.1) is 0 Å². The van der Waals surface area contributed by atoms with Crippen LogP contribution in [0, 0.1) is 0 Å². The highest BCUT2D eigenvalue weighted by Gasteiger charge is 2.35. The molecule has 0 fully saturated rings. The minimum atomic E-state index is -0.0999. The van der Waals surface area contributed by atoms with Gasteiger partial charge in [-0.15, -0.1) is 0 Å². The van der Waals surface area contributed by atoms with Crippen molar-refractivity contribution in [1.29, 1.82) is 0 Å². The van der Waals surface area contributed by atoms with Crippen LogP contribution < -0.4 is 4.90 Å². The lowest BCUT2D eigenvalue weighted by atomic mass is 9.82. The third-order valence-electron chi connectivity index (χ3n) is 11.8. The van der Waals surface area contributed by atoms with Gasteiger partial charge in [-0.2, -0.15) is 0 Å². The van der Waals surface area contributed by atoms with Gasteiger partial charge in [-0.25, -0.2) is 0 Å². The molecular weight excluding hydrogens is 651 g/mol. The summed E-state index contributed by atoms with van der Waals surface area (Å²) < 4.78 is 0. The van der Waals surface area contributed by atoms with Crippen LogP contribution in [0.3, 0.4) is 0 Å². The first-order chi connectivity index (χ1) is 26.5. The van der Waals surface area contributed by atoms with E-state index in [4.69, 9.17) is 0 Å². The number of hydrogen-bond donors (Lipinski definition) is 0. The van der Waals surface area contributed by atoms with Crippen molar-refractivity contribution in [3.8, 4) is 44.5 Å². The average Bonchev–Trinajstić information content (AvgIpc) is 3.45. The van der Waals surface area contributed by atoms with E-state index in [0.717, 1.165) is 29.9 Å². The highest BCUT2D eigenvalue weighted by Crippen LogP contribution is 2.51. The Hall–Kier alpha value is -6.44. The van der Waals surface area contributed by atoms with E-state index in [2.05, 4.69) is 207 Å². The Bertz CT molecular complexity index is 2680. The predicted molar refractivity (Wildman–Crippen MR) is 227 cm³/mol. The molecule has 0 atom stereocenters. The number of hydrogen-bond acceptors (Lipinski definition) is 1. The summed E-state index contributed by atoms with van der Waals surface area (Å²) in [4.78, 5) is 2.46. The maximum atomic E-state index is 2.46. The van der Waals surface area contributed by atoms with E-state index in [1.54, 1.807) is 0 Å². The van der Waals surface area contributed by atoms with Crippen LogP contribution in [0.4, 0.5) is 17.1 Å². The van der Waals surface area contributed by atoms with Gasteiger partial charge in [-0.1, -0.05) is 166 Å². The van der Waals surface area contributed by atoms with Gasteiger partial charge in [0.15, 0.2) is 0 Å². The molecule has 0 radical (unpaired) electrons. The molecule has 8 aromatic rings. The monoisotopic (exact) mass is 691 g/mol. The second kappa shape index (κ2) is 12.9. The Labute approximate surface area is 318 Å². The number of fused-ring (bicyclic) bond motifs is 9. The van der Waals surface area contributed by atoms with Crippen LogP contribution in [0.1, 0.15) is 47.2 Å². The molecular formula is C53H41N. The van der Waals surface area contributed by atoms with Gasteiger partial charge in [0, 0.05) is 22.5 Å². The van der Waals surface area contributed by atoms with E-state index in [1.807, 2.05) is 0 Å². The first-order valence-electron chi connectivity index (χ1n) is 19.1. The van der Waals surface area contributed by atoms with Crippen LogP contribution in [-0.4, -0.2) is 0 Å². The van der Waals surface area contributed by atoms with Gasteiger partial charge in [-0.05, 0) is 127 Å². The van der Waals surface area contributed by atoms with Crippen molar-refractivity contribution in [2.24, 2.45) is 0 Å². The van der Waals surface area contributed by atoms with E-state index in [1.165, 1.54) is 77.9 Å². The summed E-state index contributed by atoms with van der Waals surface area (Å²) in [5.74, 6) is 0. The zero-order valence-electron chi connectivity index (χ0n) is 30.8. The lowest BCUT2D eigenvalue weighted by molar-refractivity contribution is 0.660. The van der Waals surface area contributed by atoms with Crippen molar-refractivity contribution >= 4 is 17.1 Å². The Morgan fingerprint density at radius 2 is 0.759 bits per heavy atom. The van der Waals surface area contributed by atoms with Crippen LogP contribution in [0.2, 0.25) is 0 Å². The number of nitrogens with zero attached hydrogens (tertiary/aromatic N) is 1. The zero-order valence-corrected chi connectivity index (χ0v) is 30.8. The van der Waals surface area contributed by atoms with Gasteiger partial charge in [-0.3, -0.25) is 0 Å². The Morgan fingerprint density at radius 1 is 0.333 bits per heavy atom. The van der Waals surface area contributed by atoms with E-state index in [9.17, 15) is 0 Å². The maximum Gasteiger partial charge on any atom is 0.0465 e. The normalized spacial score (nSPS) is 13.4. The topological polar surface area (TPSA) is 3.24 Å². The molecule has 2 aliphatic rings. The molecule has 0 spiro atoms. The first-order valence-corrected chi connectivity index (χ1v) is 19.1. The first kappa shape index (κ1) is 32.2. The summed E-state index contributed by atoms with van der Waals surface area (Å²) in [6.07, 6.45) is 1.71. The summed E-state index contributed by atoms with van der Waals surface area (Å²) in [6, 6.07) is 69.8. The second-order valence-electron chi connectivity index (χ2n) is 15.3. The highest BCUT2D eigenvalue weighted by molar-refractivity contribution is 5.87. The molecule has 0 N–H and O–H groups in total. The number of anilines is 3. The van der Waals surface area contributed by atoms with Crippen LogP contribution in [-0.2, 0) is 18.3 Å². The van der Waals surface area contributed by atoms with Gasteiger partial charge in [0.2, 0.25) is 0 Å². The Balaban J connectivity index is 1.17. The Kier molecular flexibility index (Phi) is 7.70. The van der Waals surface area contributed by atoms with E-state index in [0.29, 0.717) is 0 Å². The fourth-order valence-corrected chi connectivity index (χ4v) is 9.06. The molecule has 10 rings (SSSR count). The van der Waals surface area contributed by atoms with Gasteiger partial charge < -0.3 is 4.90 Å². The molecule has 8 aromatic carbocycles. The van der Waals surface area contributed by atoms with Gasteiger partial charge >= 0.3 is 0 Å². The minimum Gasteiger partial charge on any atom is -0.310 e. The summed E-state index contributed by atoms with van der Waals surface area (Å²) >= 11 is 0. The van der Waals surface area contributed by atoms with Crippen molar-refractivity contribution in [2.45, 2.75) is 32.1 Å². The quantitative estimate of drug-likeness (QED) is 0.178. The largest absolute Gasteiger partial charge is 0.310 e. The summed E-state index contributed by atoms with van der Waals surface area (Å²) in [5.41, 5.74) is 21.9. The van der Waals surface area contributed by atoms with Crippen molar-refractivity contribution in [1.82, 2.24) is 0 Å². The second-order valence-corrected chi connectivity index (χ2v) is 15.3. The minimum absolute atomic E-state index is 0.0999. The molecule has 0 aromatic heterocycles. The Morgan fingerprint density at radius 3 is 1.39 bits per heavy atom. The fraction of sp³-hybridized carbons (Fsp3) is 0.0943. The van der Waals surface area contributed by atoms with Gasteiger partial charge in [0.25, 0.3) is 0 Å². The van der Waals surface area contributed by atoms with Crippen molar-refractivity contribution < 1.29 is 0 Å². The molecule has 258 valence electrons. The van der Waals surface area contributed by atoms with E-state index in [-0.39, 0.29) is 5.41 Å². The molecule has 54 heavy (non-hydrogen) atoms. The zero-order chi connectivity index (χ0) is 36.2. The lowest BCUT2D eigenvalue weighted by Crippen LogP contribution is -2.16. The molecule has 0 unspecified atom stereocenters. The number of rotatable bonds is 4. The number of benzene rings is 8. The van der Waals surface area contributed by atoms with Crippen molar-refractivity contribution in [2.75, 3.05) is 4.90 Å². The lowest BCUT2D eigenvalue weighted by Gasteiger charge is -2.29. The standard InChI is InChI=1S/C53H41N/c1-53(2)51-23-13-12-22-49(51)50-31-29-44(35-52(50)53)54(42-26-24-37(25-27-42)36-14-4-3-5-15-36)43-28-30-48-41(34-43)33-40-18-8-10-20-46(40)45-19-9-6-16-38(45)32-39-17-7-11-21-47(39)48/h3-31,34-35H,32-33H2,1-2H3. The summed E-state index contributed by atoms with van der Waals surface area (Å²) in [5, 5.41) is 0. The smallest absolute Gasteiger partial charge is 0.0465 e. The fourth-order valence-electron chi connectivity index (χ4n) is 9.06. The molecule has 0 amide bonds. The molecule has 0 heterocycles. The van der Waals surface area contributed by atoms with Crippen LogP contribution in [0.5, 0.6) is 0 Å². The predicted octanol–water partition coefficient (Wildman–Crippen LogP) is 14.0. The SMILES string of the molecule is CC1(C)c2ccccc2-c2ccc(N(c3ccc(-c4ccccc4)cc3)c3ccc4c(c3)Cc3ccccc3-c3ccccc3Cc3ccccc3-4)cc21. The highest BCUT2D eigenvalue weighted by atomic mass is 15.1. The van der Waals surface area contributed by atoms with E-state index < -0.39 is 0 Å².